The topological polar surface area (TPSA) is 66.9 Å². The molecule has 0 aromatic carbocycles. The van der Waals surface area contributed by atoms with Crippen molar-refractivity contribution in [3.8, 4) is 0 Å². The molecular weight excluding hydrogens is 283 g/mol. The van der Waals surface area contributed by atoms with Gasteiger partial charge in [-0.2, -0.15) is 0 Å². The van der Waals surface area contributed by atoms with E-state index in [4.69, 9.17) is 11.6 Å². The van der Waals surface area contributed by atoms with Crippen LogP contribution in [0.4, 0.5) is 16.0 Å². The average Bonchev–Trinajstić information content (AvgIpc) is 2.44. The zero-order valence-electron chi connectivity index (χ0n) is 10.7. The summed E-state index contributed by atoms with van der Waals surface area (Å²) in [6.45, 7) is 2.32. The van der Waals surface area contributed by atoms with Crippen molar-refractivity contribution in [2.75, 3.05) is 17.2 Å². The van der Waals surface area contributed by atoms with Crippen LogP contribution in [-0.2, 0) is 0 Å². The number of amides is 1. The van der Waals surface area contributed by atoms with Crippen LogP contribution in [0, 0.1) is 5.82 Å². The van der Waals surface area contributed by atoms with Crippen molar-refractivity contribution in [3.63, 3.8) is 0 Å². The number of hydrogen-bond acceptors (Lipinski definition) is 4. The molecule has 5 nitrogen and oxygen atoms in total. The second kappa shape index (κ2) is 6.29. The van der Waals surface area contributed by atoms with Gasteiger partial charge in [-0.1, -0.05) is 11.6 Å². The number of carbonyl (C=O) groups is 1. The molecule has 0 radical (unpaired) electrons. The maximum atomic E-state index is 14.0. The van der Waals surface area contributed by atoms with Gasteiger partial charge in [0, 0.05) is 18.9 Å². The van der Waals surface area contributed by atoms with E-state index in [2.05, 4.69) is 20.6 Å². The fraction of sp³-hybridized carbons (Fsp3) is 0.154. The molecule has 0 saturated carbocycles. The molecule has 2 aromatic rings. The Balaban J connectivity index is 2.21. The molecular formula is C13H12ClFN4O. The zero-order chi connectivity index (χ0) is 14.5. The highest BCUT2D eigenvalue weighted by Crippen LogP contribution is 2.17. The number of halogens is 2. The molecule has 2 N–H and O–H groups in total. The van der Waals surface area contributed by atoms with E-state index in [1.165, 1.54) is 24.5 Å². The molecule has 7 heteroatoms. The van der Waals surface area contributed by atoms with E-state index in [0.29, 0.717) is 17.4 Å². The van der Waals surface area contributed by atoms with Gasteiger partial charge in [0.1, 0.15) is 5.82 Å². The van der Waals surface area contributed by atoms with Gasteiger partial charge < -0.3 is 10.6 Å². The maximum absolute atomic E-state index is 14.0. The lowest BCUT2D eigenvalue weighted by molar-refractivity contribution is 0.102. The van der Waals surface area contributed by atoms with Crippen LogP contribution >= 0.6 is 11.6 Å². The quantitative estimate of drug-likeness (QED) is 0.910. The molecule has 0 aliphatic rings. The fourth-order valence-electron chi connectivity index (χ4n) is 1.54. The highest BCUT2D eigenvalue weighted by Gasteiger charge is 2.16. The van der Waals surface area contributed by atoms with Crippen molar-refractivity contribution in [2.45, 2.75) is 6.92 Å². The summed E-state index contributed by atoms with van der Waals surface area (Å²) in [5, 5.41) is 5.69. The maximum Gasteiger partial charge on any atom is 0.259 e. The summed E-state index contributed by atoms with van der Waals surface area (Å²) in [6.07, 6.45) is 2.76. The Bertz CT molecular complexity index is 618. The van der Waals surface area contributed by atoms with E-state index >= 15 is 0 Å². The molecule has 0 unspecified atom stereocenters. The Labute approximate surface area is 120 Å². The lowest BCUT2D eigenvalue weighted by atomic mass is 10.2. The predicted molar refractivity (Wildman–Crippen MR) is 75.6 cm³/mol. The van der Waals surface area contributed by atoms with Crippen LogP contribution in [-0.4, -0.2) is 22.4 Å². The molecule has 2 aromatic heterocycles. The van der Waals surface area contributed by atoms with Crippen LogP contribution in [0.5, 0.6) is 0 Å². The van der Waals surface area contributed by atoms with Crippen molar-refractivity contribution in [1.29, 1.82) is 0 Å². The monoisotopic (exact) mass is 294 g/mol. The second-order valence-electron chi connectivity index (χ2n) is 3.87. The van der Waals surface area contributed by atoms with E-state index in [1.807, 2.05) is 6.92 Å². The first kappa shape index (κ1) is 14.2. The van der Waals surface area contributed by atoms with Crippen molar-refractivity contribution >= 4 is 29.1 Å². The molecule has 0 saturated heterocycles. The van der Waals surface area contributed by atoms with Crippen LogP contribution < -0.4 is 10.6 Å². The smallest absolute Gasteiger partial charge is 0.259 e. The minimum absolute atomic E-state index is 0.0456. The number of nitrogens with one attached hydrogen (secondary N) is 2. The number of nitrogens with zero attached hydrogens (tertiary/aromatic N) is 2. The number of aromatic nitrogens is 2. The van der Waals surface area contributed by atoms with E-state index in [0.717, 1.165) is 0 Å². The summed E-state index contributed by atoms with van der Waals surface area (Å²) in [7, 11) is 0. The van der Waals surface area contributed by atoms with Gasteiger partial charge in [0.15, 0.2) is 11.6 Å². The van der Waals surface area contributed by atoms with E-state index in [9.17, 15) is 9.18 Å². The average molecular weight is 295 g/mol. The first-order valence-corrected chi connectivity index (χ1v) is 6.31. The SMILES string of the molecule is CCNc1nccc(C(=O)Nc2ccc(Cl)cn2)c1F. The fourth-order valence-corrected chi connectivity index (χ4v) is 1.65. The molecule has 0 atom stereocenters. The van der Waals surface area contributed by atoms with Crippen LogP contribution in [0.3, 0.4) is 0 Å². The summed E-state index contributed by atoms with van der Waals surface area (Å²) in [6, 6.07) is 4.42. The molecule has 0 aliphatic carbocycles. The van der Waals surface area contributed by atoms with Crippen molar-refractivity contribution in [1.82, 2.24) is 9.97 Å². The Morgan fingerprint density at radius 2 is 2.15 bits per heavy atom. The third kappa shape index (κ3) is 3.21. The third-order valence-electron chi connectivity index (χ3n) is 2.45. The van der Waals surface area contributed by atoms with Gasteiger partial charge in [-0.15, -0.1) is 0 Å². The standard InChI is InChI=1S/C13H12ClFN4O/c1-2-16-12-11(15)9(5-6-17-12)13(20)19-10-4-3-8(14)7-18-10/h3-7H,2H2,1H3,(H,16,17)(H,18,19,20). The summed E-state index contributed by atoms with van der Waals surface area (Å²) >= 11 is 5.69. The number of hydrogen-bond donors (Lipinski definition) is 2. The Kier molecular flexibility index (Phi) is 4.47. The van der Waals surface area contributed by atoms with Crippen LogP contribution in [0.15, 0.2) is 30.6 Å². The molecule has 0 aliphatic heterocycles. The highest BCUT2D eigenvalue weighted by molar-refractivity contribution is 6.30. The van der Waals surface area contributed by atoms with Gasteiger partial charge in [-0.05, 0) is 25.1 Å². The molecule has 0 spiro atoms. The number of pyridine rings is 2. The van der Waals surface area contributed by atoms with Crippen molar-refractivity contribution in [2.24, 2.45) is 0 Å². The summed E-state index contributed by atoms with van der Waals surface area (Å²) in [4.78, 5) is 19.7. The van der Waals surface area contributed by atoms with Gasteiger partial charge in [0.2, 0.25) is 0 Å². The van der Waals surface area contributed by atoms with Gasteiger partial charge in [0.25, 0.3) is 5.91 Å². The minimum Gasteiger partial charge on any atom is -0.368 e. The van der Waals surface area contributed by atoms with E-state index < -0.39 is 11.7 Å². The predicted octanol–water partition coefficient (Wildman–Crippen LogP) is 2.95. The highest BCUT2D eigenvalue weighted by atomic mass is 35.5. The van der Waals surface area contributed by atoms with E-state index in [-0.39, 0.29) is 11.4 Å². The first-order valence-electron chi connectivity index (χ1n) is 5.93. The molecule has 0 bridgehead atoms. The molecule has 2 rings (SSSR count). The Morgan fingerprint density at radius 3 is 2.80 bits per heavy atom. The Hall–Kier alpha value is -2.21. The molecule has 2 heterocycles. The third-order valence-corrected chi connectivity index (χ3v) is 2.67. The summed E-state index contributed by atoms with van der Waals surface area (Å²) in [5.74, 6) is -0.954. The van der Waals surface area contributed by atoms with Gasteiger partial charge in [0.05, 0.1) is 10.6 Å². The van der Waals surface area contributed by atoms with Gasteiger partial charge in [-0.3, -0.25) is 4.79 Å². The van der Waals surface area contributed by atoms with Crippen LogP contribution in [0.25, 0.3) is 0 Å². The second-order valence-corrected chi connectivity index (χ2v) is 4.30. The van der Waals surface area contributed by atoms with Crippen molar-refractivity contribution in [3.05, 3.63) is 47.0 Å². The van der Waals surface area contributed by atoms with Gasteiger partial charge >= 0.3 is 0 Å². The first-order chi connectivity index (χ1) is 9.61. The largest absolute Gasteiger partial charge is 0.368 e. The number of carbonyl (C=O) groups excluding carboxylic acids is 1. The normalized spacial score (nSPS) is 10.2. The van der Waals surface area contributed by atoms with E-state index in [1.54, 1.807) is 6.07 Å². The van der Waals surface area contributed by atoms with Crippen LogP contribution in [0.2, 0.25) is 5.02 Å². The lowest BCUT2D eigenvalue weighted by Gasteiger charge is -2.08. The van der Waals surface area contributed by atoms with Crippen LogP contribution in [0.1, 0.15) is 17.3 Å². The van der Waals surface area contributed by atoms with Gasteiger partial charge in [-0.25, -0.2) is 14.4 Å². The minimum atomic E-state index is -0.694. The van der Waals surface area contributed by atoms with Crippen molar-refractivity contribution < 1.29 is 9.18 Å². The molecule has 1 amide bonds. The number of anilines is 2. The molecule has 20 heavy (non-hydrogen) atoms. The summed E-state index contributed by atoms with van der Waals surface area (Å²) < 4.78 is 14.0. The number of rotatable bonds is 4. The molecule has 0 fully saturated rings. The summed E-state index contributed by atoms with van der Waals surface area (Å²) in [5.41, 5.74) is -0.104. The lowest BCUT2D eigenvalue weighted by Crippen LogP contribution is -2.16. The zero-order valence-corrected chi connectivity index (χ0v) is 11.4. The molecule has 104 valence electrons. The Morgan fingerprint density at radius 1 is 1.35 bits per heavy atom.